The number of carbonyl (C=O) groups is 1. The van der Waals surface area contributed by atoms with Gasteiger partial charge >= 0.3 is 5.76 Å². The fourth-order valence-electron chi connectivity index (χ4n) is 3.23. The lowest BCUT2D eigenvalue weighted by atomic mass is 10.2. The Morgan fingerprint density at radius 1 is 1.29 bits per heavy atom. The first-order chi connectivity index (χ1) is 13.4. The normalized spacial score (nSPS) is 18.4. The molecule has 0 radical (unpaired) electrons. The van der Waals surface area contributed by atoms with E-state index >= 15 is 0 Å². The minimum Gasteiger partial charge on any atom is -0.332 e. The highest BCUT2D eigenvalue weighted by atomic mass is 32.2. The molecular formula is C17H17N3O5S3. The van der Waals surface area contributed by atoms with E-state index in [1.165, 1.54) is 27.2 Å². The number of rotatable bonds is 6. The summed E-state index contributed by atoms with van der Waals surface area (Å²) in [6, 6.07) is 6.98. The lowest BCUT2D eigenvalue weighted by molar-refractivity contribution is -0.134. The van der Waals surface area contributed by atoms with Crippen molar-refractivity contribution in [1.29, 1.82) is 0 Å². The average molecular weight is 440 g/mol. The summed E-state index contributed by atoms with van der Waals surface area (Å²) < 4.78 is 29.8. The van der Waals surface area contributed by atoms with Gasteiger partial charge in [0.1, 0.15) is 6.54 Å². The molecule has 1 aliphatic rings. The summed E-state index contributed by atoms with van der Waals surface area (Å²) in [5, 5.41) is 7.53. The summed E-state index contributed by atoms with van der Waals surface area (Å²) >= 11 is 2.88. The van der Waals surface area contributed by atoms with Gasteiger partial charge in [0.05, 0.1) is 22.9 Å². The number of hydrogen-bond donors (Lipinski definition) is 0. The lowest BCUT2D eigenvalue weighted by Gasteiger charge is -2.28. The van der Waals surface area contributed by atoms with Crippen LogP contribution in [0.1, 0.15) is 11.3 Å². The van der Waals surface area contributed by atoms with Crippen molar-refractivity contribution in [3.8, 4) is 10.7 Å². The number of nitrogens with zero attached hydrogens (tertiary/aromatic N) is 3. The maximum Gasteiger partial charge on any atom is 0.442 e. The highest BCUT2D eigenvalue weighted by molar-refractivity contribution is 7.91. The first-order valence-electron chi connectivity index (χ1n) is 8.55. The summed E-state index contributed by atoms with van der Waals surface area (Å²) in [6.45, 7) is 0.0581. The Morgan fingerprint density at radius 3 is 2.71 bits per heavy atom. The van der Waals surface area contributed by atoms with Gasteiger partial charge in [-0.25, -0.2) is 17.8 Å². The van der Waals surface area contributed by atoms with Crippen LogP contribution in [-0.2, 0) is 27.7 Å². The van der Waals surface area contributed by atoms with Crippen LogP contribution in [0.15, 0.2) is 44.3 Å². The van der Waals surface area contributed by atoms with Gasteiger partial charge in [0, 0.05) is 10.9 Å². The maximum atomic E-state index is 13.1. The summed E-state index contributed by atoms with van der Waals surface area (Å²) in [7, 11) is -3.15. The molecule has 3 aromatic rings. The van der Waals surface area contributed by atoms with Gasteiger partial charge in [0.25, 0.3) is 0 Å². The Balaban J connectivity index is 1.61. The molecular weight excluding hydrogens is 422 g/mol. The molecule has 0 aliphatic carbocycles. The number of carbonyl (C=O) groups excluding carboxylic acids is 1. The van der Waals surface area contributed by atoms with Crippen LogP contribution in [-0.4, -0.2) is 46.5 Å². The molecule has 1 amide bonds. The molecule has 0 aromatic carbocycles. The average Bonchev–Trinajstić information content (AvgIpc) is 3.42. The second-order valence-electron chi connectivity index (χ2n) is 6.49. The van der Waals surface area contributed by atoms with E-state index in [0.29, 0.717) is 23.7 Å². The van der Waals surface area contributed by atoms with E-state index in [1.54, 1.807) is 11.0 Å². The van der Waals surface area contributed by atoms with E-state index in [2.05, 4.69) is 5.16 Å². The zero-order chi connectivity index (χ0) is 19.7. The van der Waals surface area contributed by atoms with Crippen molar-refractivity contribution in [2.24, 2.45) is 0 Å². The van der Waals surface area contributed by atoms with Gasteiger partial charge in [-0.15, -0.1) is 22.7 Å². The van der Waals surface area contributed by atoms with Crippen molar-refractivity contribution in [3.63, 3.8) is 0 Å². The van der Waals surface area contributed by atoms with Gasteiger partial charge < -0.3 is 4.90 Å². The van der Waals surface area contributed by atoms with Gasteiger partial charge in [-0.05, 0) is 29.3 Å². The van der Waals surface area contributed by atoms with Crippen molar-refractivity contribution < 1.29 is 17.7 Å². The van der Waals surface area contributed by atoms with Crippen LogP contribution in [0.2, 0.25) is 0 Å². The molecule has 3 aromatic heterocycles. The topological polar surface area (TPSA) is 102 Å². The SMILES string of the molecule is O=C(Cn1c(-c2cccs2)noc1=O)N(Cc1cccs1)[C@@H]1CCS(=O)(=O)C1. The Bertz CT molecular complexity index is 1110. The molecule has 28 heavy (non-hydrogen) atoms. The standard InChI is InChI=1S/C17H17N3O5S3/c21-15(10-20-16(18-25-17(20)22)14-4-2-7-27-14)19(9-13-3-1-6-26-13)12-5-8-28(23,24)11-12/h1-4,6-7,12H,5,8-11H2/t12-/m1/s1. The molecule has 0 bridgehead atoms. The smallest absolute Gasteiger partial charge is 0.332 e. The Morgan fingerprint density at radius 2 is 2.07 bits per heavy atom. The van der Waals surface area contributed by atoms with Crippen LogP contribution in [0, 0.1) is 0 Å². The van der Waals surface area contributed by atoms with E-state index < -0.39 is 21.6 Å². The fraction of sp³-hybridized carbons (Fsp3) is 0.353. The van der Waals surface area contributed by atoms with Crippen LogP contribution in [0.3, 0.4) is 0 Å². The number of hydrogen-bond acceptors (Lipinski definition) is 8. The molecule has 1 atom stereocenters. The van der Waals surface area contributed by atoms with Crippen molar-refractivity contribution >= 4 is 38.4 Å². The summed E-state index contributed by atoms with van der Waals surface area (Å²) in [6.07, 6.45) is 0.399. The first-order valence-corrected chi connectivity index (χ1v) is 12.1. The molecule has 1 fully saturated rings. The highest BCUT2D eigenvalue weighted by Crippen LogP contribution is 2.24. The number of amides is 1. The van der Waals surface area contributed by atoms with Crippen molar-refractivity contribution in [2.75, 3.05) is 11.5 Å². The number of sulfone groups is 1. The van der Waals surface area contributed by atoms with Gasteiger partial charge in [0.2, 0.25) is 5.91 Å². The second kappa shape index (κ2) is 7.64. The Labute approximate surface area is 168 Å². The van der Waals surface area contributed by atoms with E-state index in [0.717, 1.165) is 4.88 Å². The second-order valence-corrected chi connectivity index (χ2v) is 10.7. The van der Waals surface area contributed by atoms with E-state index in [1.807, 2.05) is 29.0 Å². The molecule has 11 heteroatoms. The Kier molecular flexibility index (Phi) is 5.21. The first kappa shape index (κ1) is 19.1. The molecule has 0 saturated carbocycles. The van der Waals surface area contributed by atoms with Crippen molar-refractivity contribution in [3.05, 3.63) is 50.5 Å². The molecule has 0 N–H and O–H groups in total. The molecule has 148 valence electrons. The van der Waals surface area contributed by atoms with Crippen LogP contribution in [0.5, 0.6) is 0 Å². The minimum absolute atomic E-state index is 0.0551. The third-order valence-electron chi connectivity index (χ3n) is 4.60. The predicted molar refractivity (Wildman–Crippen MR) is 106 cm³/mol. The van der Waals surface area contributed by atoms with Gasteiger partial charge in [-0.2, -0.15) is 0 Å². The quantitative estimate of drug-likeness (QED) is 0.581. The van der Waals surface area contributed by atoms with Crippen LogP contribution >= 0.6 is 22.7 Å². The summed E-state index contributed by atoms with van der Waals surface area (Å²) in [5.74, 6) is -0.742. The molecule has 1 saturated heterocycles. The van der Waals surface area contributed by atoms with Crippen molar-refractivity contribution in [1.82, 2.24) is 14.6 Å². The van der Waals surface area contributed by atoms with Crippen LogP contribution in [0.4, 0.5) is 0 Å². The number of thiophene rings is 2. The van der Waals surface area contributed by atoms with Crippen LogP contribution in [0.25, 0.3) is 10.7 Å². The van der Waals surface area contributed by atoms with Gasteiger partial charge in [-0.3, -0.25) is 9.32 Å². The third kappa shape index (κ3) is 3.96. The highest BCUT2D eigenvalue weighted by Gasteiger charge is 2.35. The lowest BCUT2D eigenvalue weighted by Crippen LogP contribution is -2.43. The zero-order valence-corrected chi connectivity index (χ0v) is 17.1. The molecule has 1 aliphatic heterocycles. The fourth-order valence-corrected chi connectivity index (χ4v) is 6.38. The molecule has 0 unspecified atom stereocenters. The van der Waals surface area contributed by atoms with E-state index in [-0.39, 0.29) is 24.0 Å². The monoisotopic (exact) mass is 439 g/mol. The summed E-state index contributed by atoms with van der Waals surface area (Å²) in [5.41, 5.74) is 0. The van der Waals surface area contributed by atoms with Crippen LogP contribution < -0.4 is 5.76 Å². The maximum absolute atomic E-state index is 13.1. The molecule has 0 spiro atoms. The molecule has 4 heterocycles. The van der Waals surface area contributed by atoms with Crippen molar-refractivity contribution in [2.45, 2.75) is 25.6 Å². The van der Waals surface area contributed by atoms with E-state index in [9.17, 15) is 18.0 Å². The summed E-state index contributed by atoms with van der Waals surface area (Å²) in [4.78, 5) is 28.5. The van der Waals surface area contributed by atoms with Gasteiger partial charge in [-0.1, -0.05) is 17.3 Å². The molecule has 8 nitrogen and oxygen atoms in total. The Hall–Kier alpha value is -2.24. The minimum atomic E-state index is -3.15. The largest absolute Gasteiger partial charge is 0.442 e. The predicted octanol–water partition coefficient (Wildman–Crippen LogP) is 1.84. The van der Waals surface area contributed by atoms with E-state index in [4.69, 9.17) is 4.52 Å². The third-order valence-corrected chi connectivity index (χ3v) is 8.07. The zero-order valence-electron chi connectivity index (χ0n) is 14.7. The molecule has 4 rings (SSSR count). The number of aromatic nitrogens is 2. The van der Waals surface area contributed by atoms with Gasteiger partial charge in [0.15, 0.2) is 15.7 Å².